The maximum Gasteiger partial charge on any atom is 0.228 e. The normalized spacial score (nSPS) is 20.0. The summed E-state index contributed by atoms with van der Waals surface area (Å²) in [5, 5.41) is 7.88. The number of hydrogen-bond donors (Lipinski definition) is 2. The van der Waals surface area contributed by atoms with E-state index < -0.39 is 10.0 Å². The van der Waals surface area contributed by atoms with E-state index in [0.717, 1.165) is 0 Å². The fourth-order valence-electron chi connectivity index (χ4n) is 2.98. The highest BCUT2D eigenvalue weighted by molar-refractivity contribution is 7.88. The Labute approximate surface area is 126 Å². The van der Waals surface area contributed by atoms with Gasteiger partial charge in [0, 0.05) is 11.6 Å². The third kappa shape index (κ3) is 3.11. The Morgan fingerprint density at radius 3 is 2.00 bits per heavy atom. The van der Waals surface area contributed by atoms with Crippen LogP contribution in [0.25, 0.3) is 0 Å². The summed E-state index contributed by atoms with van der Waals surface area (Å²) in [5.74, 6) is -0.220. The molecule has 21 heavy (non-hydrogen) atoms. The van der Waals surface area contributed by atoms with E-state index in [1.165, 1.54) is 0 Å². The molecule has 0 aliphatic heterocycles. The van der Waals surface area contributed by atoms with Crippen molar-refractivity contribution in [2.45, 2.75) is 33.4 Å². The number of hydrogen-bond acceptors (Lipinski definition) is 3. The second kappa shape index (κ2) is 4.81. The summed E-state index contributed by atoms with van der Waals surface area (Å²) in [4.78, 5) is 12.3. The molecule has 116 valence electrons. The largest absolute Gasteiger partial charge is 0.326 e. The van der Waals surface area contributed by atoms with Crippen molar-refractivity contribution >= 4 is 21.6 Å². The summed E-state index contributed by atoms with van der Waals surface area (Å²) >= 11 is 0. The van der Waals surface area contributed by atoms with E-state index in [4.69, 9.17) is 5.14 Å². The second-order valence-electron chi connectivity index (χ2n) is 6.87. The summed E-state index contributed by atoms with van der Waals surface area (Å²) in [6.07, 6.45) is 0. The molecule has 1 aromatic rings. The third-order valence-electron chi connectivity index (χ3n) is 4.87. The number of anilines is 1. The van der Waals surface area contributed by atoms with Crippen LogP contribution >= 0.6 is 0 Å². The van der Waals surface area contributed by atoms with Crippen molar-refractivity contribution in [3.05, 3.63) is 29.8 Å². The van der Waals surface area contributed by atoms with Crippen molar-refractivity contribution < 1.29 is 13.2 Å². The number of primary sulfonamides is 1. The number of benzene rings is 1. The van der Waals surface area contributed by atoms with Gasteiger partial charge in [-0.1, -0.05) is 39.8 Å². The van der Waals surface area contributed by atoms with Crippen molar-refractivity contribution in [2.75, 3.05) is 5.32 Å². The van der Waals surface area contributed by atoms with Gasteiger partial charge in [-0.05, 0) is 28.5 Å². The molecule has 1 aromatic carbocycles. The molecule has 1 amide bonds. The number of nitrogens with one attached hydrogen (secondary N) is 1. The Hall–Kier alpha value is -1.40. The van der Waals surface area contributed by atoms with Crippen molar-refractivity contribution in [1.29, 1.82) is 0 Å². The summed E-state index contributed by atoms with van der Waals surface area (Å²) in [5.41, 5.74) is 1.24. The Morgan fingerprint density at radius 1 is 1.14 bits per heavy atom. The van der Waals surface area contributed by atoms with Crippen molar-refractivity contribution in [2.24, 2.45) is 21.9 Å². The Bertz CT molecular complexity index is 647. The number of rotatable bonds is 4. The van der Waals surface area contributed by atoms with Gasteiger partial charge in [-0.2, -0.15) is 0 Å². The van der Waals surface area contributed by atoms with E-state index in [2.05, 4.69) is 33.0 Å². The van der Waals surface area contributed by atoms with Crippen LogP contribution in [0.1, 0.15) is 33.3 Å². The van der Waals surface area contributed by atoms with Crippen LogP contribution in [0.3, 0.4) is 0 Å². The van der Waals surface area contributed by atoms with Crippen LogP contribution in [0.4, 0.5) is 5.69 Å². The molecule has 6 heteroatoms. The van der Waals surface area contributed by atoms with E-state index in [-0.39, 0.29) is 28.4 Å². The predicted octanol–water partition coefficient (Wildman–Crippen LogP) is 2.10. The van der Waals surface area contributed by atoms with Crippen molar-refractivity contribution in [3.8, 4) is 0 Å². The Kier molecular flexibility index (Phi) is 3.66. The molecule has 0 saturated heterocycles. The summed E-state index contributed by atoms with van der Waals surface area (Å²) in [7, 11) is -3.53. The van der Waals surface area contributed by atoms with Crippen LogP contribution in [-0.4, -0.2) is 14.3 Å². The lowest BCUT2D eigenvalue weighted by Crippen LogP contribution is -2.18. The SMILES string of the molecule is CC1(C)C(C(=O)Nc2ccc(CS(N)(=O)=O)cc2)C1(C)C. The molecule has 0 heterocycles. The van der Waals surface area contributed by atoms with E-state index >= 15 is 0 Å². The molecule has 1 aliphatic carbocycles. The number of nitrogens with two attached hydrogens (primary N) is 1. The van der Waals surface area contributed by atoms with Crippen LogP contribution in [0.15, 0.2) is 24.3 Å². The molecule has 5 nitrogen and oxygen atoms in total. The first-order chi connectivity index (χ1) is 9.45. The molecular formula is C15H22N2O3S. The van der Waals surface area contributed by atoms with E-state index in [9.17, 15) is 13.2 Å². The van der Waals surface area contributed by atoms with Gasteiger partial charge >= 0.3 is 0 Å². The molecule has 3 N–H and O–H groups in total. The molecule has 1 saturated carbocycles. The zero-order chi connectivity index (χ0) is 16.1. The van der Waals surface area contributed by atoms with Gasteiger partial charge in [0.2, 0.25) is 15.9 Å². The monoisotopic (exact) mass is 310 g/mol. The molecule has 2 rings (SSSR count). The van der Waals surface area contributed by atoms with Crippen LogP contribution < -0.4 is 10.5 Å². The summed E-state index contributed by atoms with van der Waals surface area (Å²) in [6.45, 7) is 8.36. The lowest BCUT2D eigenvalue weighted by Gasteiger charge is -2.07. The molecule has 0 radical (unpaired) electrons. The van der Waals surface area contributed by atoms with Crippen LogP contribution in [0, 0.1) is 16.7 Å². The van der Waals surface area contributed by atoms with E-state index in [0.29, 0.717) is 11.3 Å². The maximum atomic E-state index is 12.3. The lowest BCUT2D eigenvalue weighted by atomic mass is 10.0. The minimum Gasteiger partial charge on any atom is -0.326 e. The topological polar surface area (TPSA) is 89.3 Å². The molecule has 1 fully saturated rings. The Morgan fingerprint density at radius 2 is 1.62 bits per heavy atom. The molecule has 0 aromatic heterocycles. The fourth-order valence-corrected chi connectivity index (χ4v) is 3.64. The summed E-state index contributed by atoms with van der Waals surface area (Å²) in [6, 6.07) is 6.70. The Balaban J connectivity index is 2.04. The lowest BCUT2D eigenvalue weighted by molar-refractivity contribution is -0.118. The highest BCUT2D eigenvalue weighted by Crippen LogP contribution is 2.68. The van der Waals surface area contributed by atoms with Gasteiger partial charge in [-0.25, -0.2) is 13.6 Å². The molecule has 0 bridgehead atoms. The third-order valence-corrected chi connectivity index (χ3v) is 5.61. The smallest absolute Gasteiger partial charge is 0.228 e. The first-order valence-corrected chi connectivity index (χ1v) is 8.57. The van der Waals surface area contributed by atoms with Gasteiger partial charge in [-0.3, -0.25) is 4.79 Å². The molecule has 0 atom stereocenters. The highest BCUT2D eigenvalue weighted by atomic mass is 32.2. The van der Waals surface area contributed by atoms with Gasteiger partial charge in [0.1, 0.15) is 0 Å². The summed E-state index contributed by atoms with van der Waals surface area (Å²) < 4.78 is 22.0. The number of amides is 1. The van der Waals surface area contributed by atoms with Crippen LogP contribution in [-0.2, 0) is 20.6 Å². The molecule has 1 aliphatic rings. The van der Waals surface area contributed by atoms with Gasteiger partial charge < -0.3 is 5.32 Å². The van der Waals surface area contributed by atoms with E-state index in [1.54, 1.807) is 24.3 Å². The van der Waals surface area contributed by atoms with Crippen molar-refractivity contribution in [3.63, 3.8) is 0 Å². The quantitative estimate of drug-likeness (QED) is 0.892. The van der Waals surface area contributed by atoms with Gasteiger partial charge in [-0.15, -0.1) is 0 Å². The van der Waals surface area contributed by atoms with E-state index in [1.807, 2.05) is 0 Å². The number of sulfonamides is 1. The number of carbonyl (C=O) groups excluding carboxylic acids is 1. The van der Waals surface area contributed by atoms with Crippen LogP contribution in [0.2, 0.25) is 0 Å². The zero-order valence-corrected chi connectivity index (χ0v) is 13.6. The predicted molar refractivity (Wildman–Crippen MR) is 82.9 cm³/mol. The molecular weight excluding hydrogens is 288 g/mol. The average Bonchev–Trinajstić information content (AvgIpc) is 2.70. The maximum absolute atomic E-state index is 12.3. The average molecular weight is 310 g/mol. The first kappa shape index (κ1) is 16.0. The zero-order valence-electron chi connectivity index (χ0n) is 12.8. The standard InChI is InChI=1S/C15H22N2O3S/c1-14(2)12(15(14,3)4)13(18)17-11-7-5-10(6-8-11)9-21(16,19)20/h5-8,12H,9H2,1-4H3,(H,17,18)(H2,16,19,20). The molecule has 0 unspecified atom stereocenters. The minimum atomic E-state index is -3.53. The number of carbonyl (C=O) groups is 1. The first-order valence-electron chi connectivity index (χ1n) is 6.85. The van der Waals surface area contributed by atoms with Gasteiger partial charge in [0.05, 0.1) is 5.75 Å². The molecule has 0 spiro atoms. The second-order valence-corrected chi connectivity index (χ2v) is 8.48. The minimum absolute atomic E-state index is 0.00389. The highest BCUT2D eigenvalue weighted by Gasteiger charge is 2.68. The van der Waals surface area contributed by atoms with Gasteiger partial charge in [0.25, 0.3) is 0 Å². The van der Waals surface area contributed by atoms with Gasteiger partial charge in [0.15, 0.2) is 0 Å². The fraction of sp³-hybridized carbons (Fsp3) is 0.533. The van der Waals surface area contributed by atoms with Crippen LogP contribution in [0.5, 0.6) is 0 Å². The van der Waals surface area contributed by atoms with Crippen molar-refractivity contribution in [1.82, 2.24) is 0 Å².